The molecule has 0 bridgehead atoms. The predicted octanol–water partition coefficient (Wildman–Crippen LogP) is 6.63. The summed E-state index contributed by atoms with van der Waals surface area (Å²) in [6.07, 6.45) is 6.25. The van der Waals surface area contributed by atoms with E-state index in [4.69, 9.17) is 9.47 Å². The number of hydrogen-bond donors (Lipinski definition) is 1. The highest BCUT2D eigenvalue weighted by Gasteiger charge is 2.12. The summed E-state index contributed by atoms with van der Waals surface area (Å²) >= 11 is 0. The van der Waals surface area contributed by atoms with Crippen molar-refractivity contribution in [2.24, 2.45) is 5.92 Å². The third-order valence-electron chi connectivity index (χ3n) is 5.14. The summed E-state index contributed by atoms with van der Waals surface area (Å²) in [5, 5.41) is 4.01. The van der Waals surface area contributed by atoms with Crippen molar-refractivity contribution in [1.82, 2.24) is 9.97 Å². The molecular formula is C26H34FN3O3. The average molecular weight is 456 g/mol. The highest BCUT2D eigenvalue weighted by molar-refractivity contribution is 5.93. The monoisotopic (exact) mass is 455 g/mol. The number of benzene rings is 2. The third kappa shape index (κ3) is 7.41. The van der Waals surface area contributed by atoms with Gasteiger partial charge in [-0.25, -0.2) is 14.4 Å². The number of anilines is 2. The Bertz CT molecular complexity index is 1040. The molecule has 0 saturated carbocycles. The van der Waals surface area contributed by atoms with Gasteiger partial charge in [0.15, 0.2) is 11.5 Å². The van der Waals surface area contributed by atoms with Crippen molar-refractivity contribution in [2.75, 3.05) is 19.0 Å². The SMILES string of the molecule is CC.COc1cc2ncnc(Nc3ccc(F)c(C)c3)c2cc1OCCCCCC(C)C=O. The third-order valence-corrected chi connectivity index (χ3v) is 5.14. The minimum Gasteiger partial charge on any atom is -0.493 e. The number of aromatic nitrogens is 2. The number of rotatable bonds is 11. The van der Waals surface area contributed by atoms with E-state index in [0.717, 1.165) is 43.0 Å². The maximum atomic E-state index is 13.6. The largest absolute Gasteiger partial charge is 0.493 e. The fourth-order valence-electron chi connectivity index (χ4n) is 3.29. The van der Waals surface area contributed by atoms with E-state index in [1.807, 2.05) is 32.9 Å². The number of hydrogen-bond acceptors (Lipinski definition) is 6. The van der Waals surface area contributed by atoms with Crippen LogP contribution in [-0.2, 0) is 4.79 Å². The first-order valence-corrected chi connectivity index (χ1v) is 11.5. The molecule has 2 aromatic carbocycles. The van der Waals surface area contributed by atoms with E-state index in [1.165, 1.54) is 12.4 Å². The molecule has 0 aliphatic rings. The van der Waals surface area contributed by atoms with Gasteiger partial charge >= 0.3 is 0 Å². The lowest BCUT2D eigenvalue weighted by atomic mass is 10.1. The summed E-state index contributed by atoms with van der Waals surface area (Å²) in [6, 6.07) is 8.51. The number of methoxy groups -OCH3 is 1. The molecule has 1 unspecified atom stereocenters. The fraction of sp³-hybridized carbons (Fsp3) is 0.423. The van der Waals surface area contributed by atoms with Crippen LogP contribution in [0.3, 0.4) is 0 Å². The van der Waals surface area contributed by atoms with E-state index in [1.54, 1.807) is 26.2 Å². The zero-order valence-electron chi connectivity index (χ0n) is 20.2. The minimum atomic E-state index is -0.251. The Labute approximate surface area is 195 Å². The van der Waals surface area contributed by atoms with Crippen LogP contribution in [0.25, 0.3) is 10.9 Å². The number of carbonyl (C=O) groups excluding carboxylic acids is 1. The number of carbonyl (C=O) groups is 1. The molecule has 1 atom stereocenters. The van der Waals surface area contributed by atoms with E-state index in [9.17, 15) is 9.18 Å². The van der Waals surface area contributed by atoms with Gasteiger partial charge in [0.25, 0.3) is 0 Å². The van der Waals surface area contributed by atoms with Gasteiger partial charge in [-0.15, -0.1) is 0 Å². The van der Waals surface area contributed by atoms with E-state index in [2.05, 4.69) is 15.3 Å². The fourth-order valence-corrected chi connectivity index (χ4v) is 3.29. The molecule has 0 spiro atoms. The molecule has 7 heteroatoms. The van der Waals surface area contributed by atoms with Crippen molar-refractivity contribution in [3.8, 4) is 11.5 Å². The summed E-state index contributed by atoms with van der Waals surface area (Å²) in [4.78, 5) is 19.4. The van der Waals surface area contributed by atoms with Gasteiger partial charge in [-0.2, -0.15) is 0 Å². The van der Waals surface area contributed by atoms with Crippen LogP contribution in [0.4, 0.5) is 15.9 Å². The van der Waals surface area contributed by atoms with E-state index >= 15 is 0 Å². The van der Waals surface area contributed by atoms with E-state index < -0.39 is 0 Å². The summed E-state index contributed by atoms with van der Waals surface area (Å²) in [6.45, 7) is 8.20. The van der Waals surface area contributed by atoms with Crippen molar-refractivity contribution in [3.05, 3.63) is 48.0 Å². The molecule has 3 rings (SSSR count). The first kappa shape index (κ1) is 26.0. The molecule has 0 saturated heterocycles. The Balaban J connectivity index is 0.00000187. The lowest BCUT2D eigenvalue weighted by Gasteiger charge is -2.14. The maximum absolute atomic E-state index is 13.6. The quantitative estimate of drug-likeness (QED) is 0.258. The van der Waals surface area contributed by atoms with Gasteiger partial charge in [-0.1, -0.05) is 33.6 Å². The number of halogens is 1. The molecule has 1 N–H and O–H groups in total. The van der Waals surface area contributed by atoms with Gasteiger partial charge in [0.1, 0.15) is 24.2 Å². The second-order valence-corrected chi connectivity index (χ2v) is 7.64. The average Bonchev–Trinajstić information content (AvgIpc) is 2.84. The number of aryl methyl sites for hydroxylation is 1. The molecule has 1 aromatic heterocycles. The molecule has 0 aliphatic heterocycles. The number of nitrogens with one attached hydrogen (secondary N) is 1. The zero-order chi connectivity index (χ0) is 24.2. The van der Waals surface area contributed by atoms with Crippen LogP contribution in [-0.4, -0.2) is 30.0 Å². The second kappa shape index (κ2) is 13.4. The Morgan fingerprint density at radius 1 is 1.09 bits per heavy atom. The van der Waals surface area contributed by atoms with Crippen LogP contribution in [0.15, 0.2) is 36.7 Å². The molecule has 6 nitrogen and oxygen atoms in total. The molecule has 33 heavy (non-hydrogen) atoms. The summed E-state index contributed by atoms with van der Waals surface area (Å²) in [7, 11) is 1.59. The first-order valence-electron chi connectivity index (χ1n) is 11.5. The normalized spacial score (nSPS) is 11.3. The lowest BCUT2D eigenvalue weighted by molar-refractivity contribution is -0.110. The number of aldehydes is 1. The van der Waals surface area contributed by atoms with E-state index in [0.29, 0.717) is 35.0 Å². The Hall–Kier alpha value is -3.22. The van der Waals surface area contributed by atoms with Gasteiger partial charge in [0, 0.05) is 23.1 Å². The van der Waals surface area contributed by atoms with Gasteiger partial charge < -0.3 is 19.6 Å². The molecular weight excluding hydrogens is 421 g/mol. The summed E-state index contributed by atoms with van der Waals surface area (Å²) < 4.78 is 25.0. The maximum Gasteiger partial charge on any atom is 0.162 e. The molecule has 0 aliphatic carbocycles. The number of fused-ring (bicyclic) bond motifs is 1. The van der Waals surface area contributed by atoms with Crippen LogP contribution >= 0.6 is 0 Å². The molecule has 3 aromatic rings. The molecule has 0 radical (unpaired) electrons. The molecule has 1 heterocycles. The van der Waals surface area contributed by atoms with Gasteiger partial charge in [0.2, 0.25) is 0 Å². The number of unbranched alkanes of at least 4 members (excludes halogenated alkanes) is 2. The molecule has 0 amide bonds. The van der Waals surface area contributed by atoms with Crippen molar-refractivity contribution in [3.63, 3.8) is 0 Å². The van der Waals surface area contributed by atoms with Crippen LogP contribution in [0.2, 0.25) is 0 Å². The Kier molecular flexibility index (Phi) is 10.5. The van der Waals surface area contributed by atoms with Crippen molar-refractivity contribution in [2.45, 2.75) is 53.4 Å². The van der Waals surface area contributed by atoms with Gasteiger partial charge in [-0.05, 0) is 49.6 Å². The number of nitrogens with zero attached hydrogens (tertiary/aromatic N) is 2. The van der Waals surface area contributed by atoms with Crippen LogP contribution in [0.5, 0.6) is 11.5 Å². The smallest absolute Gasteiger partial charge is 0.162 e. The van der Waals surface area contributed by atoms with Crippen molar-refractivity contribution < 1.29 is 18.7 Å². The van der Waals surface area contributed by atoms with Crippen LogP contribution in [0.1, 0.15) is 52.0 Å². The highest BCUT2D eigenvalue weighted by Crippen LogP contribution is 2.35. The van der Waals surface area contributed by atoms with Crippen molar-refractivity contribution in [1.29, 1.82) is 0 Å². The topological polar surface area (TPSA) is 73.3 Å². The first-order chi connectivity index (χ1) is 16.0. The van der Waals surface area contributed by atoms with Gasteiger partial charge in [-0.3, -0.25) is 0 Å². The lowest BCUT2D eigenvalue weighted by Crippen LogP contribution is -2.02. The van der Waals surface area contributed by atoms with Crippen LogP contribution in [0, 0.1) is 18.7 Å². The molecule has 178 valence electrons. The second-order valence-electron chi connectivity index (χ2n) is 7.64. The van der Waals surface area contributed by atoms with Crippen LogP contribution < -0.4 is 14.8 Å². The van der Waals surface area contributed by atoms with E-state index in [-0.39, 0.29) is 11.7 Å². The number of ether oxygens (including phenoxy) is 2. The highest BCUT2D eigenvalue weighted by atomic mass is 19.1. The summed E-state index contributed by atoms with van der Waals surface area (Å²) in [5.74, 6) is 1.68. The molecule has 0 fully saturated rings. The standard InChI is InChI=1S/C24H28FN3O3.C2H6/c1-16(14-29)7-5-4-6-10-31-23-12-19-21(13-22(23)30-3)26-15-27-24(19)28-18-8-9-20(25)17(2)11-18;1-2/h8-9,11-16H,4-7,10H2,1-3H3,(H,26,27,28);1-2H3. The predicted molar refractivity (Wildman–Crippen MR) is 131 cm³/mol. The Morgan fingerprint density at radius 3 is 2.58 bits per heavy atom. The Morgan fingerprint density at radius 2 is 1.88 bits per heavy atom. The zero-order valence-corrected chi connectivity index (χ0v) is 20.2. The van der Waals surface area contributed by atoms with Crippen molar-refractivity contribution >= 4 is 28.7 Å². The summed E-state index contributed by atoms with van der Waals surface area (Å²) in [5.41, 5.74) is 2.00. The minimum absolute atomic E-state index is 0.109. The van der Waals surface area contributed by atoms with Gasteiger partial charge in [0.05, 0.1) is 19.2 Å².